The van der Waals surface area contributed by atoms with E-state index in [4.69, 9.17) is 0 Å². The summed E-state index contributed by atoms with van der Waals surface area (Å²) in [5.74, 6) is 0.335. The van der Waals surface area contributed by atoms with Crippen LogP contribution in [0.15, 0.2) is 30.3 Å². The van der Waals surface area contributed by atoms with E-state index in [1.54, 1.807) is 0 Å². The van der Waals surface area contributed by atoms with Crippen molar-refractivity contribution in [3.63, 3.8) is 0 Å². The average molecular weight is 309 g/mol. The Hall–Kier alpha value is -2.10. The Morgan fingerprint density at radius 1 is 1.17 bits per heavy atom. The van der Waals surface area contributed by atoms with Gasteiger partial charge in [0.05, 0.1) is 10.9 Å². The number of pyridine rings is 1. The van der Waals surface area contributed by atoms with Crippen molar-refractivity contribution in [1.29, 1.82) is 0 Å². The number of aryl methyl sites for hydroxylation is 1. The van der Waals surface area contributed by atoms with E-state index in [-0.39, 0.29) is 5.41 Å². The summed E-state index contributed by atoms with van der Waals surface area (Å²) >= 11 is 0. The van der Waals surface area contributed by atoms with Crippen LogP contribution in [-0.4, -0.2) is 42.5 Å². The summed E-state index contributed by atoms with van der Waals surface area (Å²) < 4.78 is 0. The van der Waals surface area contributed by atoms with E-state index in [2.05, 4.69) is 34.1 Å². The smallest absolute Gasteiger partial charge is 0.230 e. The highest BCUT2D eigenvalue weighted by Gasteiger charge is 2.47. The number of carbonyl (C=O) groups excluding carboxylic acids is 1. The van der Waals surface area contributed by atoms with Crippen molar-refractivity contribution in [2.24, 2.45) is 5.41 Å². The first-order valence-corrected chi connectivity index (χ1v) is 8.46. The highest BCUT2D eigenvalue weighted by molar-refractivity contribution is 5.93. The number of carbonyl (C=O) groups is 1. The van der Waals surface area contributed by atoms with Gasteiger partial charge in [-0.1, -0.05) is 18.2 Å². The summed E-state index contributed by atoms with van der Waals surface area (Å²) in [5, 5.41) is 1.19. The number of fused-ring (bicyclic) bond motifs is 1. The second-order valence-corrected chi connectivity index (χ2v) is 7.08. The zero-order chi connectivity index (χ0) is 16.0. The van der Waals surface area contributed by atoms with E-state index in [1.165, 1.54) is 11.1 Å². The van der Waals surface area contributed by atoms with Gasteiger partial charge >= 0.3 is 0 Å². The fraction of sp³-hybridized carbons (Fsp3) is 0.474. The van der Waals surface area contributed by atoms with Crippen molar-refractivity contribution >= 4 is 22.5 Å². The molecule has 2 saturated heterocycles. The number of aromatic nitrogens is 1. The predicted octanol–water partition coefficient (Wildman–Crippen LogP) is 2.99. The maximum absolute atomic E-state index is 12.7. The second-order valence-electron chi connectivity index (χ2n) is 7.08. The van der Waals surface area contributed by atoms with Gasteiger partial charge in [-0.2, -0.15) is 0 Å². The maximum atomic E-state index is 12.7. The number of likely N-dealkylation sites (tertiary alicyclic amines) is 1. The van der Waals surface area contributed by atoms with E-state index in [1.807, 2.05) is 24.9 Å². The molecular weight excluding hydrogens is 286 g/mol. The predicted molar refractivity (Wildman–Crippen MR) is 92.6 cm³/mol. The number of piperidine rings is 1. The molecule has 23 heavy (non-hydrogen) atoms. The molecule has 3 heterocycles. The van der Waals surface area contributed by atoms with Crippen molar-refractivity contribution < 1.29 is 4.79 Å². The number of nitrogens with zero attached hydrogens (tertiary/aromatic N) is 3. The molecule has 2 aliphatic rings. The number of rotatable bonds is 1. The lowest BCUT2D eigenvalue weighted by Crippen LogP contribution is -2.48. The fourth-order valence-electron chi connectivity index (χ4n) is 4.27. The first-order valence-electron chi connectivity index (χ1n) is 8.46. The molecule has 1 spiro atoms. The third-order valence-corrected chi connectivity index (χ3v) is 5.47. The summed E-state index contributed by atoms with van der Waals surface area (Å²) in [6, 6.07) is 10.5. The van der Waals surface area contributed by atoms with Crippen LogP contribution in [0.3, 0.4) is 0 Å². The largest absolute Gasteiger partial charge is 0.370 e. The number of hydrogen-bond acceptors (Lipinski definition) is 3. The molecule has 1 amide bonds. The van der Waals surface area contributed by atoms with Crippen molar-refractivity contribution in [3.8, 4) is 0 Å². The molecule has 4 heteroatoms. The summed E-state index contributed by atoms with van der Waals surface area (Å²) in [4.78, 5) is 21.7. The topological polar surface area (TPSA) is 36.4 Å². The first-order chi connectivity index (χ1) is 11.1. The number of anilines is 1. The van der Waals surface area contributed by atoms with Crippen LogP contribution in [-0.2, 0) is 4.79 Å². The van der Waals surface area contributed by atoms with Crippen LogP contribution in [0.5, 0.6) is 0 Å². The van der Waals surface area contributed by atoms with Gasteiger partial charge in [0.2, 0.25) is 5.91 Å². The molecule has 1 aromatic heterocycles. The van der Waals surface area contributed by atoms with Crippen LogP contribution in [0.1, 0.15) is 25.0 Å². The summed E-state index contributed by atoms with van der Waals surface area (Å²) in [7, 11) is 1.94. The third-order valence-electron chi connectivity index (χ3n) is 5.47. The normalized spacial score (nSPS) is 24.9. The first kappa shape index (κ1) is 14.5. The van der Waals surface area contributed by atoms with Crippen LogP contribution >= 0.6 is 0 Å². The van der Waals surface area contributed by atoms with Gasteiger partial charge in [-0.05, 0) is 38.3 Å². The molecule has 0 aliphatic carbocycles. The van der Waals surface area contributed by atoms with Gasteiger partial charge < -0.3 is 9.80 Å². The Morgan fingerprint density at radius 2 is 2.00 bits per heavy atom. The lowest BCUT2D eigenvalue weighted by atomic mass is 9.78. The molecule has 1 aromatic carbocycles. The van der Waals surface area contributed by atoms with E-state index >= 15 is 0 Å². The van der Waals surface area contributed by atoms with Crippen LogP contribution in [0.2, 0.25) is 0 Å². The van der Waals surface area contributed by atoms with Gasteiger partial charge in [0.15, 0.2) is 0 Å². The number of benzene rings is 1. The maximum Gasteiger partial charge on any atom is 0.230 e. The minimum atomic E-state index is -0.175. The molecule has 1 atom stereocenters. The lowest BCUT2D eigenvalue weighted by Gasteiger charge is -2.37. The molecule has 2 fully saturated rings. The average Bonchev–Trinajstić information content (AvgIpc) is 2.97. The van der Waals surface area contributed by atoms with Gasteiger partial charge in [-0.3, -0.25) is 9.78 Å². The minimum Gasteiger partial charge on any atom is -0.370 e. The molecule has 4 rings (SSSR count). The standard InChI is InChI=1S/C19H23N3O/c1-14-12-17(15-6-3-4-7-16(15)20-14)22-11-9-19(13-22)8-5-10-21(2)18(19)23/h3-4,6-7,12H,5,8-11,13H2,1-2H3/t19-/m0/s1. The lowest BCUT2D eigenvalue weighted by molar-refractivity contribution is -0.143. The van der Waals surface area contributed by atoms with Crippen molar-refractivity contribution in [2.75, 3.05) is 31.6 Å². The van der Waals surface area contributed by atoms with Crippen molar-refractivity contribution in [1.82, 2.24) is 9.88 Å². The molecule has 2 aromatic rings. The number of para-hydroxylation sites is 1. The number of hydrogen-bond donors (Lipinski definition) is 0. The van der Waals surface area contributed by atoms with Gasteiger partial charge in [-0.25, -0.2) is 0 Å². The van der Waals surface area contributed by atoms with E-state index in [9.17, 15) is 4.79 Å². The molecular formula is C19H23N3O. The van der Waals surface area contributed by atoms with Crippen molar-refractivity contribution in [3.05, 3.63) is 36.0 Å². The molecule has 0 N–H and O–H groups in total. The van der Waals surface area contributed by atoms with E-state index < -0.39 is 0 Å². The Bertz CT molecular complexity index is 772. The molecule has 0 radical (unpaired) electrons. The molecule has 4 nitrogen and oxygen atoms in total. The third kappa shape index (κ3) is 2.28. The Kier molecular flexibility index (Phi) is 3.29. The number of amides is 1. The van der Waals surface area contributed by atoms with Gasteiger partial charge in [0, 0.05) is 43.4 Å². The summed E-state index contributed by atoms with van der Waals surface area (Å²) in [6.45, 7) is 4.73. The summed E-state index contributed by atoms with van der Waals surface area (Å²) in [5.41, 5.74) is 3.12. The molecule has 120 valence electrons. The second kappa shape index (κ2) is 5.22. The zero-order valence-corrected chi connectivity index (χ0v) is 13.9. The van der Waals surface area contributed by atoms with E-state index in [0.717, 1.165) is 50.1 Å². The minimum absolute atomic E-state index is 0.175. The van der Waals surface area contributed by atoms with Crippen LogP contribution < -0.4 is 4.90 Å². The molecule has 0 saturated carbocycles. The highest BCUT2D eigenvalue weighted by atomic mass is 16.2. The fourth-order valence-corrected chi connectivity index (χ4v) is 4.27. The molecule has 2 aliphatic heterocycles. The van der Waals surface area contributed by atoms with Crippen LogP contribution in [0.4, 0.5) is 5.69 Å². The Labute approximate surface area is 137 Å². The molecule has 0 bridgehead atoms. The quantitative estimate of drug-likeness (QED) is 0.812. The van der Waals surface area contributed by atoms with Crippen LogP contribution in [0.25, 0.3) is 10.9 Å². The Balaban J connectivity index is 1.72. The van der Waals surface area contributed by atoms with Gasteiger partial charge in [0.1, 0.15) is 0 Å². The SMILES string of the molecule is Cc1cc(N2CC[C@@]3(CCCN(C)C3=O)C2)c2ccccc2n1. The molecule has 0 unspecified atom stereocenters. The Morgan fingerprint density at radius 3 is 2.87 bits per heavy atom. The monoisotopic (exact) mass is 309 g/mol. The van der Waals surface area contributed by atoms with E-state index in [0.29, 0.717) is 5.91 Å². The summed E-state index contributed by atoms with van der Waals surface area (Å²) in [6.07, 6.45) is 3.10. The van der Waals surface area contributed by atoms with Gasteiger partial charge in [0.25, 0.3) is 0 Å². The van der Waals surface area contributed by atoms with Gasteiger partial charge in [-0.15, -0.1) is 0 Å². The highest BCUT2D eigenvalue weighted by Crippen LogP contribution is 2.42. The zero-order valence-electron chi connectivity index (χ0n) is 13.9. The van der Waals surface area contributed by atoms with Crippen molar-refractivity contribution in [2.45, 2.75) is 26.2 Å². The van der Waals surface area contributed by atoms with Crippen LogP contribution in [0, 0.1) is 12.3 Å².